The summed E-state index contributed by atoms with van der Waals surface area (Å²) in [7, 11) is 0. The first-order valence-corrected chi connectivity index (χ1v) is 6.39. The van der Waals surface area contributed by atoms with Gasteiger partial charge in [-0.15, -0.1) is 0 Å². The Kier molecular flexibility index (Phi) is 2.71. The minimum absolute atomic E-state index is 0.694. The summed E-state index contributed by atoms with van der Waals surface area (Å²) in [4.78, 5) is 4.48. The first kappa shape index (κ1) is 10.6. The van der Waals surface area contributed by atoms with E-state index in [4.69, 9.17) is 11.6 Å². The van der Waals surface area contributed by atoms with Crippen LogP contribution in [-0.2, 0) is 0 Å². The number of benzene rings is 2. The van der Waals surface area contributed by atoms with Crippen LogP contribution in [0.15, 0.2) is 48.5 Å². The normalized spacial score (nSPS) is 10.6. The average molecular weight is 261 g/mol. The zero-order valence-electron chi connectivity index (χ0n) is 8.85. The quantitative estimate of drug-likeness (QED) is 0.723. The van der Waals surface area contributed by atoms with E-state index in [1.165, 1.54) is 0 Å². The van der Waals surface area contributed by atoms with Crippen molar-refractivity contribution < 1.29 is 0 Å². The van der Waals surface area contributed by atoms with Crippen LogP contribution in [0.4, 0.5) is 10.8 Å². The summed E-state index contributed by atoms with van der Waals surface area (Å²) < 4.78 is 1.09. The third kappa shape index (κ3) is 2.12. The molecule has 2 aromatic carbocycles. The van der Waals surface area contributed by atoms with E-state index in [9.17, 15) is 0 Å². The number of rotatable bonds is 2. The largest absolute Gasteiger partial charge is 0.332 e. The molecule has 1 heterocycles. The number of thiazole rings is 1. The molecule has 0 amide bonds. The molecule has 0 atom stereocenters. The molecule has 84 valence electrons. The van der Waals surface area contributed by atoms with Crippen LogP contribution < -0.4 is 5.32 Å². The molecule has 0 unspecified atom stereocenters. The molecule has 0 fully saturated rings. The van der Waals surface area contributed by atoms with Gasteiger partial charge >= 0.3 is 0 Å². The molecule has 0 aliphatic heterocycles. The zero-order chi connectivity index (χ0) is 11.7. The molecule has 3 aromatic rings. The van der Waals surface area contributed by atoms with Crippen molar-refractivity contribution in [3.63, 3.8) is 0 Å². The van der Waals surface area contributed by atoms with Gasteiger partial charge in [0.25, 0.3) is 0 Å². The number of nitrogens with zero attached hydrogens (tertiary/aromatic N) is 1. The summed E-state index contributed by atoms with van der Waals surface area (Å²) in [6.07, 6.45) is 0. The number of para-hydroxylation sites is 2. The first-order chi connectivity index (χ1) is 8.33. The summed E-state index contributed by atoms with van der Waals surface area (Å²) in [6.45, 7) is 0. The van der Waals surface area contributed by atoms with E-state index in [0.717, 1.165) is 21.0 Å². The van der Waals surface area contributed by atoms with Crippen LogP contribution in [0.2, 0.25) is 5.02 Å². The first-order valence-electron chi connectivity index (χ1n) is 5.20. The number of halogens is 1. The van der Waals surface area contributed by atoms with Gasteiger partial charge < -0.3 is 5.32 Å². The van der Waals surface area contributed by atoms with E-state index < -0.39 is 0 Å². The Hall–Kier alpha value is -1.58. The van der Waals surface area contributed by atoms with E-state index in [1.54, 1.807) is 11.3 Å². The number of hydrogen-bond acceptors (Lipinski definition) is 3. The highest BCUT2D eigenvalue weighted by molar-refractivity contribution is 7.22. The van der Waals surface area contributed by atoms with Gasteiger partial charge in [-0.2, -0.15) is 0 Å². The van der Waals surface area contributed by atoms with Crippen LogP contribution in [0, 0.1) is 0 Å². The molecule has 0 aliphatic carbocycles. The molecule has 3 rings (SSSR count). The lowest BCUT2D eigenvalue weighted by molar-refractivity contribution is 1.44. The Bertz CT molecular complexity index is 649. The van der Waals surface area contributed by atoms with Crippen molar-refractivity contribution in [2.45, 2.75) is 0 Å². The monoisotopic (exact) mass is 260 g/mol. The fourth-order valence-electron chi connectivity index (χ4n) is 1.61. The molecule has 2 nitrogen and oxygen atoms in total. The maximum Gasteiger partial charge on any atom is 0.188 e. The van der Waals surface area contributed by atoms with Crippen molar-refractivity contribution in [1.82, 2.24) is 4.98 Å². The summed E-state index contributed by atoms with van der Waals surface area (Å²) in [5.74, 6) is 0. The lowest BCUT2D eigenvalue weighted by atomic mass is 10.3. The van der Waals surface area contributed by atoms with Crippen molar-refractivity contribution in [1.29, 1.82) is 0 Å². The summed E-state index contributed by atoms with van der Waals surface area (Å²) in [6, 6.07) is 15.8. The third-order valence-electron chi connectivity index (χ3n) is 2.39. The third-order valence-corrected chi connectivity index (χ3v) is 3.64. The van der Waals surface area contributed by atoms with Crippen molar-refractivity contribution in [2.24, 2.45) is 0 Å². The van der Waals surface area contributed by atoms with Crippen LogP contribution in [0.1, 0.15) is 0 Å². The molecule has 17 heavy (non-hydrogen) atoms. The molecule has 0 bridgehead atoms. The molecule has 0 saturated carbocycles. The van der Waals surface area contributed by atoms with Gasteiger partial charge in [-0.25, -0.2) is 4.98 Å². The van der Waals surface area contributed by atoms with Crippen molar-refractivity contribution >= 4 is 44.0 Å². The van der Waals surface area contributed by atoms with E-state index in [1.807, 2.05) is 48.5 Å². The fraction of sp³-hybridized carbons (Fsp3) is 0. The van der Waals surface area contributed by atoms with Crippen LogP contribution in [0.5, 0.6) is 0 Å². The molecule has 0 aliphatic rings. The second kappa shape index (κ2) is 4.35. The number of hydrogen-bond donors (Lipinski definition) is 1. The van der Waals surface area contributed by atoms with Crippen LogP contribution in [0.3, 0.4) is 0 Å². The van der Waals surface area contributed by atoms with Gasteiger partial charge in [0, 0.05) is 5.69 Å². The van der Waals surface area contributed by atoms with E-state index in [0.29, 0.717) is 5.02 Å². The number of aromatic nitrogens is 1. The number of nitrogens with one attached hydrogen (secondary N) is 1. The SMILES string of the molecule is Clc1cccc2sc(Nc3ccccc3)nc12. The van der Waals surface area contributed by atoms with E-state index in [-0.39, 0.29) is 0 Å². The van der Waals surface area contributed by atoms with Gasteiger partial charge in [0.05, 0.1) is 9.72 Å². The van der Waals surface area contributed by atoms with Crippen molar-refractivity contribution in [3.8, 4) is 0 Å². The second-order valence-corrected chi connectivity index (χ2v) is 5.03. The lowest BCUT2D eigenvalue weighted by Gasteiger charge is -1.99. The van der Waals surface area contributed by atoms with Crippen molar-refractivity contribution in [3.05, 3.63) is 53.6 Å². The van der Waals surface area contributed by atoms with Gasteiger partial charge in [0.2, 0.25) is 0 Å². The van der Waals surface area contributed by atoms with Gasteiger partial charge in [-0.05, 0) is 24.3 Å². The molecule has 0 saturated heterocycles. The van der Waals surface area contributed by atoms with Crippen LogP contribution in [0.25, 0.3) is 10.2 Å². The summed E-state index contributed by atoms with van der Waals surface area (Å²) in [5, 5.41) is 4.82. The molecule has 1 aromatic heterocycles. The van der Waals surface area contributed by atoms with Crippen LogP contribution in [-0.4, -0.2) is 4.98 Å². The molecular formula is C13H9ClN2S. The number of fused-ring (bicyclic) bond motifs is 1. The lowest BCUT2D eigenvalue weighted by Crippen LogP contribution is -1.87. The average Bonchev–Trinajstić information content (AvgIpc) is 2.74. The fourth-order valence-corrected chi connectivity index (χ4v) is 2.80. The molecule has 0 radical (unpaired) electrons. The highest BCUT2D eigenvalue weighted by Crippen LogP contribution is 2.31. The molecule has 1 N–H and O–H groups in total. The maximum atomic E-state index is 6.09. The molecule has 0 spiro atoms. The minimum atomic E-state index is 0.694. The number of anilines is 2. The molecule has 4 heteroatoms. The Labute approximate surface area is 108 Å². The van der Waals surface area contributed by atoms with E-state index >= 15 is 0 Å². The Morgan fingerprint density at radius 3 is 2.59 bits per heavy atom. The maximum absolute atomic E-state index is 6.09. The highest BCUT2D eigenvalue weighted by atomic mass is 35.5. The Morgan fingerprint density at radius 1 is 1.00 bits per heavy atom. The van der Waals surface area contributed by atoms with Crippen molar-refractivity contribution in [2.75, 3.05) is 5.32 Å². The predicted octanol–water partition coefficient (Wildman–Crippen LogP) is 4.69. The highest BCUT2D eigenvalue weighted by Gasteiger charge is 2.06. The molecular weight excluding hydrogens is 252 g/mol. The topological polar surface area (TPSA) is 24.9 Å². The van der Waals surface area contributed by atoms with Gasteiger partial charge in [0.1, 0.15) is 5.52 Å². The van der Waals surface area contributed by atoms with Gasteiger partial charge in [-0.1, -0.05) is 47.2 Å². The smallest absolute Gasteiger partial charge is 0.188 e. The minimum Gasteiger partial charge on any atom is -0.332 e. The van der Waals surface area contributed by atoms with Gasteiger partial charge in [0.15, 0.2) is 5.13 Å². The standard InChI is InChI=1S/C13H9ClN2S/c14-10-7-4-8-11-12(10)16-13(17-11)15-9-5-2-1-3-6-9/h1-8H,(H,15,16). The van der Waals surface area contributed by atoms with Crippen LogP contribution >= 0.6 is 22.9 Å². The van der Waals surface area contributed by atoms with E-state index in [2.05, 4.69) is 10.3 Å². The summed E-state index contributed by atoms with van der Waals surface area (Å²) in [5.41, 5.74) is 1.89. The Morgan fingerprint density at radius 2 is 1.82 bits per heavy atom. The second-order valence-electron chi connectivity index (χ2n) is 3.60. The zero-order valence-corrected chi connectivity index (χ0v) is 10.4. The predicted molar refractivity (Wildman–Crippen MR) is 74.4 cm³/mol. The Balaban J connectivity index is 1.99. The summed E-state index contributed by atoms with van der Waals surface area (Å²) >= 11 is 7.69. The van der Waals surface area contributed by atoms with Gasteiger partial charge in [-0.3, -0.25) is 0 Å².